The number of benzene rings is 1. The maximum atomic E-state index is 5.80. The molecule has 0 saturated heterocycles. The van der Waals surface area contributed by atoms with E-state index in [0.29, 0.717) is 12.0 Å². The molecule has 1 unspecified atom stereocenters. The second-order valence-corrected chi connectivity index (χ2v) is 5.52. The van der Waals surface area contributed by atoms with Gasteiger partial charge in [0.05, 0.1) is 6.61 Å². The van der Waals surface area contributed by atoms with Gasteiger partial charge in [-0.05, 0) is 25.8 Å². The molecule has 3 heteroatoms. The molecule has 2 rings (SSSR count). The van der Waals surface area contributed by atoms with Crippen LogP contribution >= 0.6 is 0 Å². The Morgan fingerprint density at radius 3 is 2.70 bits per heavy atom. The van der Waals surface area contributed by atoms with Gasteiger partial charge in [-0.2, -0.15) is 0 Å². The van der Waals surface area contributed by atoms with Crippen LogP contribution < -0.4 is 5.32 Å². The van der Waals surface area contributed by atoms with E-state index in [9.17, 15) is 0 Å². The number of para-hydroxylation sites is 1. The van der Waals surface area contributed by atoms with Gasteiger partial charge in [-0.1, -0.05) is 32.0 Å². The average molecular weight is 275 g/mol. The van der Waals surface area contributed by atoms with Crippen molar-refractivity contribution in [2.75, 3.05) is 13.2 Å². The van der Waals surface area contributed by atoms with Crippen molar-refractivity contribution >= 4 is 11.0 Å². The van der Waals surface area contributed by atoms with Crippen LogP contribution in [-0.4, -0.2) is 19.3 Å². The van der Waals surface area contributed by atoms with E-state index in [2.05, 4.69) is 31.3 Å². The van der Waals surface area contributed by atoms with Gasteiger partial charge in [0.25, 0.3) is 0 Å². The first-order valence-corrected chi connectivity index (χ1v) is 7.41. The Balaban J connectivity index is 2.09. The molecule has 0 radical (unpaired) electrons. The SMILES string of the molecule is CCOCC(NCc1c(C)oc2ccccc12)C(C)C. The Morgan fingerprint density at radius 1 is 1.25 bits per heavy atom. The van der Waals surface area contributed by atoms with Gasteiger partial charge >= 0.3 is 0 Å². The largest absolute Gasteiger partial charge is 0.461 e. The summed E-state index contributed by atoms with van der Waals surface area (Å²) < 4.78 is 11.4. The smallest absolute Gasteiger partial charge is 0.134 e. The minimum Gasteiger partial charge on any atom is -0.461 e. The molecule has 0 aliphatic carbocycles. The fourth-order valence-corrected chi connectivity index (χ4v) is 2.41. The summed E-state index contributed by atoms with van der Waals surface area (Å²) in [4.78, 5) is 0. The van der Waals surface area contributed by atoms with E-state index in [4.69, 9.17) is 9.15 Å². The second kappa shape index (κ2) is 6.91. The number of aryl methyl sites for hydroxylation is 1. The fraction of sp³-hybridized carbons (Fsp3) is 0.529. The molecule has 0 saturated carbocycles. The molecular weight excluding hydrogens is 250 g/mol. The van der Waals surface area contributed by atoms with Gasteiger partial charge in [0.2, 0.25) is 0 Å². The number of furan rings is 1. The van der Waals surface area contributed by atoms with Gasteiger partial charge in [0.1, 0.15) is 11.3 Å². The van der Waals surface area contributed by atoms with Crippen LogP contribution in [0.5, 0.6) is 0 Å². The Hall–Kier alpha value is -1.32. The lowest BCUT2D eigenvalue weighted by atomic mass is 10.0. The molecule has 1 atom stereocenters. The first kappa shape index (κ1) is 15.1. The molecule has 0 bridgehead atoms. The summed E-state index contributed by atoms with van der Waals surface area (Å²) in [5.74, 6) is 1.54. The van der Waals surface area contributed by atoms with Crippen molar-refractivity contribution in [2.24, 2.45) is 5.92 Å². The topological polar surface area (TPSA) is 34.4 Å². The van der Waals surface area contributed by atoms with Crippen LogP contribution in [0.1, 0.15) is 32.1 Å². The number of hydrogen-bond acceptors (Lipinski definition) is 3. The summed E-state index contributed by atoms with van der Waals surface area (Å²) in [6.45, 7) is 10.8. The van der Waals surface area contributed by atoms with E-state index < -0.39 is 0 Å². The minimum atomic E-state index is 0.364. The zero-order valence-corrected chi connectivity index (χ0v) is 12.9. The van der Waals surface area contributed by atoms with Crippen molar-refractivity contribution in [1.29, 1.82) is 0 Å². The van der Waals surface area contributed by atoms with Gasteiger partial charge in [-0.25, -0.2) is 0 Å². The lowest BCUT2D eigenvalue weighted by molar-refractivity contribution is 0.108. The fourth-order valence-electron chi connectivity index (χ4n) is 2.41. The highest BCUT2D eigenvalue weighted by molar-refractivity contribution is 5.82. The molecular formula is C17H25NO2. The Labute approximate surface area is 121 Å². The van der Waals surface area contributed by atoms with Crippen LogP contribution in [-0.2, 0) is 11.3 Å². The van der Waals surface area contributed by atoms with Crippen molar-refractivity contribution < 1.29 is 9.15 Å². The Kier molecular flexibility index (Phi) is 5.21. The van der Waals surface area contributed by atoms with E-state index in [1.54, 1.807) is 0 Å². The van der Waals surface area contributed by atoms with Crippen molar-refractivity contribution in [2.45, 2.75) is 40.3 Å². The number of fused-ring (bicyclic) bond motifs is 1. The molecule has 3 nitrogen and oxygen atoms in total. The zero-order chi connectivity index (χ0) is 14.5. The predicted molar refractivity (Wildman–Crippen MR) is 82.9 cm³/mol. The van der Waals surface area contributed by atoms with Crippen LogP contribution in [0, 0.1) is 12.8 Å². The maximum absolute atomic E-state index is 5.80. The maximum Gasteiger partial charge on any atom is 0.134 e. The highest BCUT2D eigenvalue weighted by Gasteiger charge is 2.16. The first-order valence-electron chi connectivity index (χ1n) is 7.41. The van der Waals surface area contributed by atoms with Crippen LogP contribution in [0.3, 0.4) is 0 Å². The molecule has 20 heavy (non-hydrogen) atoms. The van der Waals surface area contributed by atoms with Gasteiger partial charge in [0.15, 0.2) is 0 Å². The zero-order valence-electron chi connectivity index (χ0n) is 12.9. The third-order valence-electron chi connectivity index (χ3n) is 3.75. The van der Waals surface area contributed by atoms with Gasteiger partial charge in [0, 0.05) is 30.1 Å². The third-order valence-corrected chi connectivity index (χ3v) is 3.75. The molecule has 2 aromatic rings. The van der Waals surface area contributed by atoms with Gasteiger partial charge in [-0.15, -0.1) is 0 Å². The molecule has 1 heterocycles. The molecule has 0 amide bonds. The third kappa shape index (κ3) is 3.41. The molecule has 0 aliphatic heterocycles. The average Bonchev–Trinajstić information content (AvgIpc) is 2.74. The van der Waals surface area contributed by atoms with E-state index >= 15 is 0 Å². The standard InChI is InChI=1S/C17H25NO2/c1-5-19-11-16(12(2)3)18-10-15-13(4)20-17-9-7-6-8-14(15)17/h6-9,12,16,18H,5,10-11H2,1-4H3. The van der Waals surface area contributed by atoms with E-state index in [-0.39, 0.29) is 0 Å². The summed E-state index contributed by atoms with van der Waals surface area (Å²) in [5.41, 5.74) is 2.22. The van der Waals surface area contributed by atoms with Crippen molar-refractivity contribution in [3.8, 4) is 0 Å². The molecule has 1 aromatic heterocycles. The normalized spacial score (nSPS) is 13.2. The van der Waals surface area contributed by atoms with Crippen LogP contribution in [0.2, 0.25) is 0 Å². The summed E-state index contributed by atoms with van der Waals surface area (Å²) in [7, 11) is 0. The molecule has 110 valence electrons. The Bertz CT molecular complexity index is 545. The van der Waals surface area contributed by atoms with Gasteiger partial charge in [-0.3, -0.25) is 0 Å². The number of nitrogens with one attached hydrogen (secondary N) is 1. The van der Waals surface area contributed by atoms with Crippen LogP contribution in [0.15, 0.2) is 28.7 Å². The van der Waals surface area contributed by atoms with E-state index in [1.165, 1.54) is 10.9 Å². The highest BCUT2D eigenvalue weighted by atomic mass is 16.5. The Morgan fingerprint density at radius 2 is 2.00 bits per heavy atom. The van der Waals surface area contributed by atoms with E-state index in [1.807, 2.05) is 26.0 Å². The lowest BCUT2D eigenvalue weighted by Crippen LogP contribution is -2.37. The number of rotatable bonds is 7. The summed E-state index contributed by atoms with van der Waals surface area (Å²) in [6.07, 6.45) is 0. The van der Waals surface area contributed by atoms with Crippen LogP contribution in [0.4, 0.5) is 0 Å². The molecule has 0 aliphatic rings. The molecule has 0 fully saturated rings. The summed E-state index contributed by atoms with van der Waals surface area (Å²) >= 11 is 0. The molecule has 1 N–H and O–H groups in total. The van der Waals surface area contributed by atoms with Crippen LogP contribution in [0.25, 0.3) is 11.0 Å². The number of hydrogen-bond donors (Lipinski definition) is 1. The monoisotopic (exact) mass is 275 g/mol. The summed E-state index contributed by atoms with van der Waals surface area (Å²) in [5, 5.41) is 4.81. The van der Waals surface area contributed by atoms with Crippen molar-refractivity contribution in [3.05, 3.63) is 35.6 Å². The first-order chi connectivity index (χ1) is 9.63. The van der Waals surface area contributed by atoms with E-state index in [0.717, 1.165) is 31.1 Å². The quantitative estimate of drug-likeness (QED) is 0.832. The number of ether oxygens (including phenoxy) is 1. The van der Waals surface area contributed by atoms with Gasteiger partial charge < -0.3 is 14.5 Å². The highest BCUT2D eigenvalue weighted by Crippen LogP contribution is 2.25. The lowest BCUT2D eigenvalue weighted by Gasteiger charge is -2.22. The predicted octanol–water partition coefficient (Wildman–Crippen LogP) is 3.89. The van der Waals surface area contributed by atoms with Crippen molar-refractivity contribution in [3.63, 3.8) is 0 Å². The second-order valence-electron chi connectivity index (χ2n) is 5.52. The van der Waals surface area contributed by atoms with Crippen molar-refractivity contribution in [1.82, 2.24) is 5.32 Å². The minimum absolute atomic E-state index is 0.364. The summed E-state index contributed by atoms with van der Waals surface area (Å²) in [6, 6.07) is 8.57. The molecule has 0 spiro atoms. The molecule has 1 aromatic carbocycles.